The Kier molecular flexibility index (Phi) is 5.98. The number of hydrogen-bond donors (Lipinski definition) is 2. The molecule has 2 amide bonds. The number of amides is 2. The molecule has 12 heteroatoms. The summed E-state index contributed by atoms with van der Waals surface area (Å²) >= 11 is 1.28. The minimum Gasteiger partial charge on any atom is -0.361 e. The molecule has 0 unspecified atom stereocenters. The third-order valence-corrected chi connectivity index (χ3v) is 5.76. The third kappa shape index (κ3) is 4.97. The van der Waals surface area contributed by atoms with Crippen molar-refractivity contribution in [3.05, 3.63) is 57.9 Å². The maximum Gasteiger partial charge on any atom is 0.418 e. The summed E-state index contributed by atoms with van der Waals surface area (Å²) in [4.78, 5) is 31.7. The van der Waals surface area contributed by atoms with Crippen LogP contribution in [0, 0.1) is 6.92 Å². The summed E-state index contributed by atoms with van der Waals surface area (Å²) in [7, 11) is 0. The number of alkyl halides is 3. The van der Waals surface area contributed by atoms with Crippen molar-refractivity contribution >= 4 is 34.0 Å². The molecule has 0 atom stereocenters. The second-order valence-electron chi connectivity index (χ2n) is 7.22. The van der Waals surface area contributed by atoms with Crippen LogP contribution in [0.25, 0.3) is 0 Å². The van der Waals surface area contributed by atoms with Crippen LogP contribution < -0.4 is 10.6 Å². The van der Waals surface area contributed by atoms with E-state index < -0.39 is 23.6 Å². The van der Waals surface area contributed by atoms with Crippen molar-refractivity contribution in [1.29, 1.82) is 0 Å². The zero-order valence-electron chi connectivity index (χ0n) is 16.8. The van der Waals surface area contributed by atoms with Crippen LogP contribution in [0.1, 0.15) is 32.4 Å². The quantitative estimate of drug-likeness (QED) is 0.596. The monoisotopic (exact) mass is 465 g/mol. The van der Waals surface area contributed by atoms with Gasteiger partial charge in [-0.3, -0.25) is 19.8 Å². The fraction of sp³-hybridized carbons (Fsp3) is 0.300. The van der Waals surface area contributed by atoms with Gasteiger partial charge in [-0.1, -0.05) is 17.3 Å². The molecule has 2 aromatic heterocycles. The molecule has 2 N–H and O–H groups in total. The normalized spacial score (nSPS) is 14.1. The number of para-hydroxylation sites is 1. The molecule has 0 saturated carbocycles. The second kappa shape index (κ2) is 8.71. The minimum atomic E-state index is -4.56. The number of hydrogen-bond acceptors (Lipinski definition) is 7. The van der Waals surface area contributed by atoms with Crippen molar-refractivity contribution < 1.29 is 27.3 Å². The summed E-state index contributed by atoms with van der Waals surface area (Å²) in [6.07, 6.45) is -4.00. The minimum absolute atomic E-state index is 0.0660. The van der Waals surface area contributed by atoms with Gasteiger partial charge in [0.2, 0.25) is 5.91 Å². The Hall–Kier alpha value is -3.25. The van der Waals surface area contributed by atoms with Crippen LogP contribution in [0.4, 0.5) is 24.0 Å². The van der Waals surface area contributed by atoms with Gasteiger partial charge in [-0.15, -0.1) is 11.3 Å². The van der Waals surface area contributed by atoms with E-state index in [0.717, 1.165) is 16.6 Å². The first-order valence-corrected chi connectivity index (χ1v) is 10.4. The number of carbonyl (C=O) groups excluding carboxylic acids is 2. The predicted molar refractivity (Wildman–Crippen MR) is 110 cm³/mol. The topological polar surface area (TPSA) is 100 Å². The lowest BCUT2D eigenvalue weighted by Crippen LogP contribution is -2.37. The lowest BCUT2D eigenvalue weighted by atomic mass is 10.1. The number of carbonyl (C=O) groups is 2. The first-order chi connectivity index (χ1) is 15.2. The molecule has 0 fully saturated rings. The smallest absolute Gasteiger partial charge is 0.361 e. The van der Waals surface area contributed by atoms with Crippen molar-refractivity contribution in [3.63, 3.8) is 0 Å². The number of nitrogens with one attached hydrogen (secondary N) is 2. The Labute approximate surface area is 184 Å². The van der Waals surface area contributed by atoms with E-state index in [2.05, 4.69) is 20.8 Å². The molecule has 168 valence electrons. The number of rotatable bonds is 5. The third-order valence-electron chi connectivity index (χ3n) is 4.77. The first-order valence-electron chi connectivity index (χ1n) is 9.61. The van der Waals surface area contributed by atoms with Crippen molar-refractivity contribution in [1.82, 2.24) is 15.0 Å². The van der Waals surface area contributed by atoms with Crippen molar-refractivity contribution in [2.75, 3.05) is 23.7 Å². The number of nitrogens with zero attached hydrogens (tertiary/aromatic N) is 3. The van der Waals surface area contributed by atoms with E-state index in [1.165, 1.54) is 35.6 Å². The van der Waals surface area contributed by atoms with Crippen LogP contribution in [-0.2, 0) is 23.9 Å². The number of fused-ring (bicyclic) bond motifs is 1. The van der Waals surface area contributed by atoms with E-state index in [9.17, 15) is 22.8 Å². The van der Waals surface area contributed by atoms with Crippen molar-refractivity contribution in [2.45, 2.75) is 26.1 Å². The lowest BCUT2D eigenvalue weighted by Gasteiger charge is -2.25. The van der Waals surface area contributed by atoms with E-state index in [1.54, 1.807) is 6.92 Å². The molecule has 1 aromatic carbocycles. The molecule has 32 heavy (non-hydrogen) atoms. The average molecular weight is 465 g/mol. The molecule has 1 aliphatic rings. The Balaban J connectivity index is 1.37. The maximum atomic E-state index is 13.1. The molecular weight excluding hydrogens is 447 g/mol. The van der Waals surface area contributed by atoms with Gasteiger partial charge in [0.05, 0.1) is 23.5 Å². The highest BCUT2D eigenvalue weighted by Crippen LogP contribution is 2.34. The first kappa shape index (κ1) is 22.0. The van der Waals surface area contributed by atoms with Crippen LogP contribution >= 0.6 is 11.3 Å². The van der Waals surface area contributed by atoms with Crippen LogP contribution in [-0.4, -0.2) is 39.9 Å². The highest BCUT2D eigenvalue weighted by atomic mass is 32.1. The fourth-order valence-electron chi connectivity index (χ4n) is 3.30. The van der Waals surface area contributed by atoms with E-state index in [0.29, 0.717) is 30.4 Å². The Morgan fingerprint density at radius 1 is 1.25 bits per heavy atom. The van der Waals surface area contributed by atoms with Gasteiger partial charge in [0.25, 0.3) is 5.91 Å². The SMILES string of the molecule is Cc1cc(C(=O)Nc2nc3c(s2)CN(CC(=O)Nc2ccccc2C(F)(F)F)CC3)no1. The van der Waals surface area contributed by atoms with Gasteiger partial charge in [0.1, 0.15) is 5.76 Å². The summed E-state index contributed by atoms with van der Waals surface area (Å²) < 4.78 is 44.2. The van der Waals surface area contributed by atoms with Crippen LogP contribution in [0.15, 0.2) is 34.9 Å². The molecule has 1 aliphatic heterocycles. The predicted octanol–water partition coefficient (Wildman–Crippen LogP) is 3.71. The Morgan fingerprint density at radius 3 is 2.75 bits per heavy atom. The number of thiazole rings is 1. The molecule has 4 rings (SSSR count). The number of aryl methyl sites for hydroxylation is 1. The highest BCUT2D eigenvalue weighted by Gasteiger charge is 2.33. The summed E-state index contributed by atoms with van der Waals surface area (Å²) in [6, 6.07) is 6.38. The highest BCUT2D eigenvalue weighted by molar-refractivity contribution is 7.15. The molecule has 3 heterocycles. The Bertz CT molecular complexity index is 1160. The van der Waals surface area contributed by atoms with Gasteiger partial charge < -0.3 is 9.84 Å². The summed E-state index contributed by atoms with van der Waals surface area (Å²) in [5, 5.41) is 9.10. The molecule has 0 bridgehead atoms. The molecular formula is C20H18F3N5O3S. The summed E-state index contributed by atoms with van der Waals surface area (Å²) in [5.41, 5.74) is -0.193. The summed E-state index contributed by atoms with van der Waals surface area (Å²) in [6.45, 7) is 2.53. The van der Waals surface area contributed by atoms with Crippen molar-refractivity contribution in [3.8, 4) is 0 Å². The van der Waals surface area contributed by atoms with Gasteiger partial charge in [0, 0.05) is 30.5 Å². The van der Waals surface area contributed by atoms with E-state index >= 15 is 0 Å². The average Bonchev–Trinajstić information content (AvgIpc) is 3.32. The zero-order chi connectivity index (χ0) is 22.9. The number of halogens is 3. The number of aromatic nitrogens is 2. The molecule has 0 spiro atoms. The zero-order valence-corrected chi connectivity index (χ0v) is 17.6. The van der Waals surface area contributed by atoms with Crippen LogP contribution in [0.5, 0.6) is 0 Å². The molecule has 0 saturated heterocycles. The van der Waals surface area contributed by atoms with E-state index in [-0.39, 0.29) is 17.9 Å². The molecule has 8 nitrogen and oxygen atoms in total. The maximum absolute atomic E-state index is 13.1. The van der Waals surface area contributed by atoms with Gasteiger partial charge >= 0.3 is 6.18 Å². The molecule has 0 radical (unpaired) electrons. The standard InChI is InChI=1S/C20H18F3N5O3S/c1-11-8-15(27-31-11)18(30)26-19-25-14-6-7-28(9-16(14)32-19)10-17(29)24-13-5-3-2-4-12(13)20(21,22)23/h2-5,8H,6-7,9-10H2,1H3,(H,24,29)(H,25,26,30). The summed E-state index contributed by atoms with van der Waals surface area (Å²) in [5.74, 6) is -0.461. The largest absolute Gasteiger partial charge is 0.418 e. The van der Waals surface area contributed by atoms with Crippen LogP contribution in [0.2, 0.25) is 0 Å². The lowest BCUT2D eigenvalue weighted by molar-refractivity contribution is -0.137. The van der Waals surface area contributed by atoms with Gasteiger partial charge in [-0.05, 0) is 19.1 Å². The Morgan fingerprint density at radius 2 is 2.03 bits per heavy atom. The molecule has 0 aliphatic carbocycles. The second-order valence-corrected chi connectivity index (χ2v) is 8.30. The number of benzene rings is 1. The van der Waals surface area contributed by atoms with Crippen LogP contribution in [0.3, 0.4) is 0 Å². The molecule has 3 aromatic rings. The van der Waals surface area contributed by atoms with Gasteiger partial charge in [-0.2, -0.15) is 13.2 Å². The van der Waals surface area contributed by atoms with Gasteiger partial charge in [-0.25, -0.2) is 4.98 Å². The van der Waals surface area contributed by atoms with Crippen molar-refractivity contribution in [2.24, 2.45) is 0 Å². The number of anilines is 2. The fourth-order valence-corrected chi connectivity index (χ4v) is 4.35. The van der Waals surface area contributed by atoms with Gasteiger partial charge in [0.15, 0.2) is 10.8 Å². The van der Waals surface area contributed by atoms with E-state index in [1.807, 2.05) is 4.90 Å². The van der Waals surface area contributed by atoms with E-state index in [4.69, 9.17) is 4.52 Å².